The number of anilines is 1. The van der Waals surface area contributed by atoms with Gasteiger partial charge in [0.1, 0.15) is 0 Å². The van der Waals surface area contributed by atoms with Crippen LogP contribution in [0.15, 0.2) is 30.3 Å². The van der Waals surface area contributed by atoms with E-state index in [0.29, 0.717) is 5.92 Å². The van der Waals surface area contributed by atoms with Crippen LogP contribution in [0.25, 0.3) is 0 Å². The van der Waals surface area contributed by atoms with E-state index in [2.05, 4.69) is 45.4 Å². The van der Waals surface area contributed by atoms with E-state index in [9.17, 15) is 4.79 Å². The van der Waals surface area contributed by atoms with Crippen molar-refractivity contribution in [3.8, 4) is 0 Å². The van der Waals surface area contributed by atoms with Crippen molar-refractivity contribution >= 4 is 11.7 Å². The zero-order valence-corrected chi connectivity index (χ0v) is 17.9. The van der Waals surface area contributed by atoms with Crippen LogP contribution in [-0.2, 0) is 0 Å². The summed E-state index contributed by atoms with van der Waals surface area (Å²) < 4.78 is 0. The highest BCUT2D eigenvalue weighted by Gasteiger charge is 2.25. The molecule has 1 aromatic carbocycles. The van der Waals surface area contributed by atoms with Gasteiger partial charge in [-0.2, -0.15) is 0 Å². The molecule has 1 unspecified atom stereocenters. The number of nitrogens with one attached hydrogen (secondary N) is 1. The number of para-hydroxylation sites is 1. The van der Waals surface area contributed by atoms with E-state index in [4.69, 9.17) is 0 Å². The summed E-state index contributed by atoms with van der Waals surface area (Å²) in [7, 11) is 0. The Morgan fingerprint density at radius 2 is 1.69 bits per heavy atom. The van der Waals surface area contributed by atoms with E-state index in [0.717, 1.165) is 64.6 Å². The van der Waals surface area contributed by atoms with Crippen LogP contribution in [0.5, 0.6) is 0 Å². The molecule has 1 aliphatic carbocycles. The third-order valence-electron chi connectivity index (χ3n) is 7.07. The van der Waals surface area contributed by atoms with E-state index < -0.39 is 0 Å². The normalized spacial score (nSPS) is 24.5. The van der Waals surface area contributed by atoms with Crippen LogP contribution in [0, 0.1) is 11.8 Å². The average Bonchev–Trinajstić information content (AvgIpc) is 3.12. The van der Waals surface area contributed by atoms with Crippen LogP contribution >= 0.6 is 0 Å². The van der Waals surface area contributed by atoms with Gasteiger partial charge >= 0.3 is 6.03 Å². The summed E-state index contributed by atoms with van der Waals surface area (Å²) in [5, 5.41) is 3.23. The number of rotatable bonds is 5. The molecule has 160 valence electrons. The first kappa shape index (κ1) is 20.5. The summed E-state index contributed by atoms with van der Waals surface area (Å²) in [5.41, 5.74) is 1.30. The first-order valence-electron chi connectivity index (χ1n) is 11.8. The van der Waals surface area contributed by atoms with Gasteiger partial charge < -0.3 is 20.0 Å². The number of benzene rings is 1. The fourth-order valence-corrected chi connectivity index (χ4v) is 5.31. The first-order valence-corrected chi connectivity index (χ1v) is 11.8. The standard InChI is InChI=1S/C24H38N4O/c29-24(25-18-22-12-15-28(20-22)23-10-5-2-6-11-23)27-14-7-13-26(16-17-27)19-21-8-3-1-4-9-21/h2,5-6,10-11,21-22H,1,3-4,7-9,12-20H2,(H,25,29). The van der Waals surface area contributed by atoms with Crippen LogP contribution in [0.4, 0.5) is 10.5 Å². The summed E-state index contributed by atoms with van der Waals surface area (Å²) in [6.07, 6.45) is 9.32. The molecule has 1 N–H and O–H groups in total. The molecule has 2 aliphatic heterocycles. The Labute approximate surface area is 176 Å². The predicted octanol–water partition coefficient (Wildman–Crippen LogP) is 3.81. The second kappa shape index (κ2) is 10.3. The Morgan fingerprint density at radius 3 is 2.52 bits per heavy atom. The summed E-state index contributed by atoms with van der Waals surface area (Å²) in [4.78, 5) is 19.8. The van der Waals surface area contributed by atoms with Crippen molar-refractivity contribution in [1.82, 2.24) is 15.1 Å². The largest absolute Gasteiger partial charge is 0.371 e. The number of nitrogens with zero attached hydrogens (tertiary/aromatic N) is 3. The third kappa shape index (κ3) is 5.88. The molecule has 1 saturated carbocycles. The van der Waals surface area contributed by atoms with Crippen LogP contribution in [0.3, 0.4) is 0 Å². The first-order chi connectivity index (χ1) is 14.3. The highest BCUT2D eigenvalue weighted by molar-refractivity contribution is 5.74. The van der Waals surface area contributed by atoms with Gasteiger partial charge in [0, 0.05) is 51.5 Å². The number of urea groups is 1. The highest BCUT2D eigenvalue weighted by Crippen LogP contribution is 2.25. The lowest BCUT2D eigenvalue weighted by atomic mass is 9.89. The molecule has 2 amide bonds. The Hall–Kier alpha value is -1.75. The zero-order valence-electron chi connectivity index (χ0n) is 17.9. The maximum Gasteiger partial charge on any atom is 0.317 e. The van der Waals surface area contributed by atoms with Gasteiger partial charge in [-0.15, -0.1) is 0 Å². The van der Waals surface area contributed by atoms with Crippen LogP contribution in [-0.4, -0.2) is 68.2 Å². The minimum Gasteiger partial charge on any atom is -0.371 e. The van der Waals surface area contributed by atoms with Gasteiger partial charge in [-0.3, -0.25) is 0 Å². The van der Waals surface area contributed by atoms with Crippen LogP contribution in [0.1, 0.15) is 44.9 Å². The topological polar surface area (TPSA) is 38.8 Å². The van der Waals surface area contributed by atoms with Gasteiger partial charge in [0.15, 0.2) is 0 Å². The lowest BCUT2D eigenvalue weighted by Crippen LogP contribution is -2.44. The molecule has 1 aromatic rings. The molecule has 4 rings (SSSR count). The average molecular weight is 399 g/mol. The number of amides is 2. The Bertz CT molecular complexity index is 631. The van der Waals surface area contributed by atoms with Gasteiger partial charge in [-0.25, -0.2) is 4.79 Å². The second-order valence-electron chi connectivity index (χ2n) is 9.27. The smallest absolute Gasteiger partial charge is 0.317 e. The highest BCUT2D eigenvalue weighted by atomic mass is 16.2. The number of hydrogen-bond donors (Lipinski definition) is 1. The zero-order chi connectivity index (χ0) is 19.9. The van der Waals surface area contributed by atoms with Crippen molar-refractivity contribution in [1.29, 1.82) is 0 Å². The van der Waals surface area contributed by atoms with Crippen LogP contribution < -0.4 is 10.2 Å². The molecule has 0 spiro atoms. The van der Waals surface area contributed by atoms with Gasteiger partial charge in [-0.1, -0.05) is 37.5 Å². The van der Waals surface area contributed by atoms with E-state index in [1.165, 1.54) is 44.3 Å². The molecular weight excluding hydrogens is 360 g/mol. The summed E-state index contributed by atoms with van der Waals surface area (Å²) in [5.74, 6) is 1.44. The minimum absolute atomic E-state index is 0.141. The van der Waals surface area contributed by atoms with E-state index in [-0.39, 0.29) is 6.03 Å². The predicted molar refractivity (Wildman–Crippen MR) is 119 cm³/mol. The molecule has 2 heterocycles. The van der Waals surface area contributed by atoms with E-state index >= 15 is 0 Å². The number of carbonyl (C=O) groups is 1. The lowest BCUT2D eigenvalue weighted by molar-refractivity contribution is 0.189. The SMILES string of the molecule is O=C(NCC1CCN(c2ccccc2)C1)N1CCCN(CC2CCCCC2)CC1. The molecule has 3 aliphatic rings. The van der Waals surface area contributed by atoms with Crippen molar-refractivity contribution in [3.05, 3.63) is 30.3 Å². The monoisotopic (exact) mass is 398 g/mol. The summed E-state index contributed by atoms with van der Waals surface area (Å²) in [6, 6.07) is 10.8. The maximum atomic E-state index is 12.7. The van der Waals surface area contributed by atoms with Gasteiger partial charge in [-0.05, 0) is 56.2 Å². The molecule has 5 heteroatoms. The van der Waals surface area contributed by atoms with Crippen molar-refractivity contribution in [2.24, 2.45) is 11.8 Å². The molecule has 1 atom stereocenters. The molecule has 2 saturated heterocycles. The quantitative estimate of drug-likeness (QED) is 0.820. The minimum atomic E-state index is 0.141. The Balaban J connectivity index is 1.17. The van der Waals surface area contributed by atoms with E-state index in [1.807, 2.05) is 4.90 Å². The van der Waals surface area contributed by atoms with Crippen molar-refractivity contribution in [2.45, 2.75) is 44.9 Å². The van der Waals surface area contributed by atoms with E-state index in [1.54, 1.807) is 0 Å². The van der Waals surface area contributed by atoms with Gasteiger partial charge in [0.25, 0.3) is 0 Å². The number of carbonyl (C=O) groups excluding carboxylic acids is 1. The third-order valence-corrected chi connectivity index (χ3v) is 7.07. The molecule has 0 bridgehead atoms. The molecule has 0 aromatic heterocycles. The Kier molecular flexibility index (Phi) is 7.31. The van der Waals surface area contributed by atoms with Crippen molar-refractivity contribution < 1.29 is 4.79 Å². The van der Waals surface area contributed by atoms with Crippen molar-refractivity contribution in [2.75, 3.05) is 57.3 Å². The van der Waals surface area contributed by atoms with Crippen molar-refractivity contribution in [3.63, 3.8) is 0 Å². The summed E-state index contributed by atoms with van der Waals surface area (Å²) >= 11 is 0. The molecular formula is C24H38N4O. The number of hydrogen-bond acceptors (Lipinski definition) is 3. The lowest BCUT2D eigenvalue weighted by Gasteiger charge is -2.29. The fourth-order valence-electron chi connectivity index (χ4n) is 5.31. The van der Waals surface area contributed by atoms with Gasteiger partial charge in [0.2, 0.25) is 0 Å². The molecule has 5 nitrogen and oxygen atoms in total. The summed E-state index contributed by atoms with van der Waals surface area (Å²) in [6.45, 7) is 8.12. The maximum absolute atomic E-state index is 12.7. The molecule has 29 heavy (non-hydrogen) atoms. The molecule has 3 fully saturated rings. The molecule has 0 radical (unpaired) electrons. The van der Waals surface area contributed by atoms with Gasteiger partial charge in [0.05, 0.1) is 0 Å². The van der Waals surface area contributed by atoms with Crippen LogP contribution in [0.2, 0.25) is 0 Å². The second-order valence-corrected chi connectivity index (χ2v) is 9.27. The fraction of sp³-hybridized carbons (Fsp3) is 0.708. The Morgan fingerprint density at radius 1 is 0.862 bits per heavy atom.